The number of benzene rings is 2. The molecule has 2 aromatic carbocycles. The van der Waals surface area contributed by atoms with Crippen molar-refractivity contribution < 1.29 is 9.18 Å². The van der Waals surface area contributed by atoms with Crippen LogP contribution in [0, 0.1) is 5.82 Å². The van der Waals surface area contributed by atoms with Crippen molar-refractivity contribution >= 4 is 17.3 Å². The molecule has 0 saturated heterocycles. The van der Waals surface area contributed by atoms with E-state index in [4.69, 9.17) is 5.73 Å². The Labute approximate surface area is 117 Å². The topological polar surface area (TPSA) is 55.1 Å². The van der Waals surface area contributed by atoms with E-state index in [0.29, 0.717) is 0 Å². The molecule has 0 fully saturated rings. The van der Waals surface area contributed by atoms with Gasteiger partial charge in [0, 0.05) is 11.4 Å². The summed E-state index contributed by atoms with van der Waals surface area (Å²) >= 11 is 0. The van der Waals surface area contributed by atoms with Crippen LogP contribution < -0.4 is 11.1 Å². The van der Waals surface area contributed by atoms with Crippen molar-refractivity contribution in [3.63, 3.8) is 0 Å². The van der Waals surface area contributed by atoms with E-state index in [1.54, 1.807) is 0 Å². The summed E-state index contributed by atoms with van der Waals surface area (Å²) in [7, 11) is 0. The molecule has 3 nitrogen and oxygen atoms in total. The Morgan fingerprint density at radius 1 is 1.20 bits per heavy atom. The van der Waals surface area contributed by atoms with E-state index < -0.39 is 5.82 Å². The normalized spacial score (nSPS) is 10.6. The van der Waals surface area contributed by atoms with E-state index in [0.717, 1.165) is 17.3 Å². The number of nitrogens with one attached hydrogen (secondary N) is 1. The minimum atomic E-state index is -0.457. The number of para-hydroxylation sites is 1. The zero-order valence-electron chi connectivity index (χ0n) is 11.5. The summed E-state index contributed by atoms with van der Waals surface area (Å²) in [5.41, 5.74) is 7.86. The molecule has 0 radical (unpaired) electrons. The van der Waals surface area contributed by atoms with Gasteiger partial charge < -0.3 is 11.1 Å². The number of rotatable bonds is 3. The highest BCUT2D eigenvalue weighted by atomic mass is 19.1. The molecule has 104 valence electrons. The predicted molar refractivity (Wildman–Crippen MR) is 79.3 cm³/mol. The SMILES string of the molecule is CC(C)c1ccccc1NC(=O)c1ccc(F)cc1N. The molecule has 0 aliphatic heterocycles. The molecule has 0 spiro atoms. The van der Waals surface area contributed by atoms with E-state index >= 15 is 0 Å². The molecule has 0 saturated carbocycles. The number of carbonyl (C=O) groups excluding carboxylic acids is 1. The molecule has 0 aliphatic carbocycles. The van der Waals surface area contributed by atoms with Crippen LogP contribution in [-0.2, 0) is 0 Å². The van der Waals surface area contributed by atoms with Gasteiger partial charge in [0.2, 0.25) is 0 Å². The van der Waals surface area contributed by atoms with Crippen LogP contribution in [0.4, 0.5) is 15.8 Å². The van der Waals surface area contributed by atoms with Gasteiger partial charge in [-0.3, -0.25) is 4.79 Å². The maximum Gasteiger partial charge on any atom is 0.257 e. The maximum atomic E-state index is 13.0. The minimum Gasteiger partial charge on any atom is -0.398 e. The summed E-state index contributed by atoms with van der Waals surface area (Å²) in [6, 6.07) is 11.3. The molecule has 0 heterocycles. The summed E-state index contributed by atoms with van der Waals surface area (Å²) in [6.45, 7) is 4.11. The molecule has 0 aromatic heterocycles. The molecule has 0 atom stereocenters. The number of halogens is 1. The smallest absolute Gasteiger partial charge is 0.257 e. The maximum absolute atomic E-state index is 13.0. The van der Waals surface area contributed by atoms with Crippen LogP contribution in [0.5, 0.6) is 0 Å². The van der Waals surface area contributed by atoms with Crippen molar-refractivity contribution in [1.82, 2.24) is 0 Å². The first kappa shape index (κ1) is 14.1. The second-order valence-electron chi connectivity index (χ2n) is 4.93. The van der Waals surface area contributed by atoms with Gasteiger partial charge in [-0.15, -0.1) is 0 Å². The van der Waals surface area contributed by atoms with Crippen LogP contribution >= 0.6 is 0 Å². The van der Waals surface area contributed by atoms with Gasteiger partial charge in [-0.05, 0) is 35.7 Å². The quantitative estimate of drug-likeness (QED) is 0.835. The van der Waals surface area contributed by atoms with Crippen molar-refractivity contribution in [3.05, 3.63) is 59.4 Å². The van der Waals surface area contributed by atoms with Crippen LogP contribution in [0.15, 0.2) is 42.5 Å². The van der Waals surface area contributed by atoms with Gasteiger partial charge in [-0.25, -0.2) is 4.39 Å². The number of carbonyl (C=O) groups is 1. The molecule has 20 heavy (non-hydrogen) atoms. The summed E-state index contributed by atoms with van der Waals surface area (Å²) in [5, 5.41) is 2.83. The van der Waals surface area contributed by atoms with Gasteiger partial charge in [-0.1, -0.05) is 32.0 Å². The fraction of sp³-hybridized carbons (Fsp3) is 0.188. The number of nitrogens with two attached hydrogens (primary N) is 1. The number of nitrogen functional groups attached to an aromatic ring is 1. The lowest BCUT2D eigenvalue weighted by atomic mass is 10.0. The number of hydrogen-bond acceptors (Lipinski definition) is 2. The second kappa shape index (κ2) is 5.74. The fourth-order valence-corrected chi connectivity index (χ4v) is 2.04. The van der Waals surface area contributed by atoms with Crippen molar-refractivity contribution in [2.45, 2.75) is 19.8 Å². The third kappa shape index (κ3) is 2.96. The van der Waals surface area contributed by atoms with E-state index in [9.17, 15) is 9.18 Å². The van der Waals surface area contributed by atoms with E-state index in [1.165, 1.54) is 12.1 Å². The average molecular weight is 272 g/mol. The monoisotopic (exact) mass is 272 g/mol. The zero-order chi connectivity index (χ0) is 14.7. The molecule has 4 heteroatoms. The third-order valence-corrected chi connectivity index (χ3v) is 3.09. The lowest BCUT2D eigenvalue weighted by Gasteiger charge is -2.14. The highest BCUT2D eigenvalue weighted by molar-refractivity contribution is 6.08. The predicted octanol–water partition coefficient (Wildman–Crippen LogP) is 3.78. The Hall–Kier alpha value is -2.36. The molecule has 0 bridgehead atoms. The van der Waals surface area contributed by atoms with Crippen LogP contribution in [0.25, 0.3) is 0 Å². The van der Waals surface area contributed by atoms with Gasteiger partial charge in [0.05, 0.1) is 5.56 Å². The van der Waals surface area contributed by atoms with E-state index in [-0.39, 0.29) is 23.1 Å². The number of anilines is 2. The Kier molecular flexibility index (Phi) is 4.03. The van der Waals surface area contributed by atoms with E-state index in [1.807, 2.05) is 24.3 Å². The zero-order valence-corrected chi connectivity index (χ0v) is 11.5. The molecule has 2 aromatic rings. The van der Waals surface area contributed by atoms with Crippen molar-refractivity contribution in [3.8, 4) is 0 Å². The third-order valence-electron chi connectivity index (χ3n) is 3.09. The van der Waals surface area contributed by atoms with Crippen LogP contribution in [0.2, 0.25) is 0 Å². The molecule has 0 unspecified atom stereocenters. The van der Waals surface area contributed by atoms with Gasteiger partial charge in [0.15, 0.2) is 0 Å². The van der Waals surface area contributed by atoms with Gasteiger partial charge >= 0.3 is 0 Å². The Balaban J connectivity index is 2.28. The van der Waals surface area contributed by atoms with Crippen LogP contribution in [-0.4, -0.2) is 5.91 Å². The average Bonchev–Trinajstić information content (AvgIpc) is 2.38. The van der Waals surface area contributed by atoms with Crippen molar-refractivity contribution in [1.29, 1.82) is 0 Å². The lowest BCUT2D eigenvalue weighted by molar-refractivity contribution is 0.102. The molecule has 2 rings (SSSR count). The van der Waals surface area contributed by atoms with Crippen molar-refractivity contribution in [2.24, 2.45) is 0 Å². The van der Waals surface area contributed by atoms with Crippen LogP contribution in [0.1, 0.15) is 35.7 Å². The lowest BCUT2D eigenvalue weighted by Crippen LogP contribution is -2.15. The van der Waals surface area contributed by atoms with Crippen molar-refractivity contribution in [2.75, 3.05) is 11.1 Å². The van der Waals surface area contributed by atoms with Gasteiger partial charge in [0.25, 0.3) is 5.91 Å². The van der Waals surface area contributed by atoms with Crippen LogP contribution in [0.3, 0.4) is 0 Å². The summed E-state index contributed by atoms with van der Waals surface area (Å²) in [5.74, 6) is -0.505. The first-order chi connectivity index (χ1) is 9.49. The first-order valence-electron chi connectivity index (χ1n) is 6.44. The minimum absolute atomic E-state index is 0.129. The Morgan fingerprint density at radius 3 is 2.55 bits per heavy atom. The standard InChI is InChI=1S/C16H17FN2O/c1-10(2)12-5-3-4-6-15(12)19-16(20)13-8-7-11(17)9-14(13)18/h3-10H,18H2,1-2H3,(H,19,20). The molecule has 3 N–H and O–H groups in total. The van der Waals surface area contributed by atoms with Gasteiger partial charge in [0.1, 0.15) is 5.82 Å². The van der Waals surface area contributed by atoms with E-state index in [2.05, 4.69) is 19.2 Å². The fourth-order valence-electron chi connectivity index (χ4n) is 2.04. The Bertz CT molecular complexity index is 638. The molecular weight excluding hydrogens is 255 g/mol. The first-order valence-corrected chi connectivity index (χ1v) is 6.44. The summed E-state index contributed by atoms with van der Waals surface area (Å²) in [6.07, 6.45) is 0. The molecular formula is C16H17FN2O. The molecule has 0 aliphatic rings. The van der Waals surface area contributed by atoms with Gasteiger partial charge in [-0.2, -0.15) is 0 Å². The largest absolute Gasteiger partial charge is 0.398 e. The second-order valence-corrected chi connectivity index (χ2v) is 4.93. The molecule has 1 amide bonds. The number of hydrogen-bond donors (Lipinski definition) is 2. The summed E-state index contributed by atoms with van der Waals surface area (Å²) in [4.78, 5) is 12.2. The summed E-state index contributed by atoms with van der Waals surface area (Å²) < 4.78 is 13.0. The number of amides is 1. The Morgan fingerprint density at radius 2 is 1.90 bits per heavy atom. The highest BCUT2D eigenvalue weighted by Crippen LogP contribution is 2.25. The highest BCUT2D eigenvalue weighted by Gasteiger charge is 2.13.